The topological polar surface area (TPSA) is 143 Å². The lowest BCUT2D eigenvalue weighted by molar-refractivity contribution is -0.129. The van der Waals surface area contributed by atoms with Crippen molar-refractivity contribution in [1.82, 2.24) is 4.98 Å². The number of carboxylic acids is 1. The maximum atomic E-state index is 11.8. The van der Waals surface area contributed by atoms with Crippen LogP contribution in [0.2, 0.25) is 0 Å². The van der Waals surface area contributed by atoms with Gasteiger partial charge in [0.25, 0.3) is 0 Å². The van der Waals surface area contributed by atoms with Gasteiger partial charge in [-0.2, -0.15) is 5.26 Å². The molecule has 2 aromatic rings. The molecule has 0 aliphatic rings. The summed E-state index contributed by atoms with van der Waals surface area (Å²) in [6, 6.07) is 8.50. The molecule has 0 fully saturated rings. The Balaban J connectivity index is 1.89. The third-order valence-corrected chi connectivity index (χ3v) is 3.90. The Bertz CT molecular complexity index is 957. The molecule has 0 unspecified atom stereocenters. The number of oxime groups is 1. The molecule has 0 atom stereocenters. The Hall–Kier alpha value is -3.65. The smallest absolute Gasteiger partial charge is 0.413 e. The number of hydrogen-bond donors (Lipinski definition) is 2. The van der Waals surface area contributed by atoms with E-state index in [1.54, 1.807) is 45.0 Å². The monoisotopic (exact) mass is 432 g/mol. The van der Waals surface area contributed by atoms with Crippen molar-refractivity contribution in [3.8, 4) is 11.8 Å². The Kier molecular flexibility index (Phi) is 7.71. The number of ether oxygens (including phenoxy) is 2. The average molecular weight is 432 g/mol. The number of carbonyl (C=O) groups excluding carboxylic acids is 1. The molecule has 0 saturated carbocycles. The predicted molar refractivity (Wildman–Crippen MR) is 109 cm³/mol. The summed E-state index contributed by atoms with van der Waals surface area (Å²) in [5, 5.41) is 25.7. The van der Waals surface area contributed by atoms with E-state index in [1.165, 1.54) is 5.38 Å². The lowest BCUT2D eigenvalue weighted by atomic mass is 10.2. The van der Waals surface area contributed by atoms with E-state index < -0.39 is 23.4 Å². The first-order valence-electron chi connectivity index (χ1n) is 8.70. The fourth-order valence-electron chi connectivity index (χ4n) is 1.96. The van der Waals surface area contributed by atoms with Crippen molar-refractivity contribution in [1.29, 1.82) is 5.26 Å². The number of rotatable bonds is 8. The van der Waals surface area contributed by atoms with Crippen LogP contribution in [0, 0.1) is 11.3 Å². The first-order chi connectivity index (χ1) is 14.2. The van der Waals surface area contributed by atoms with E-state index in [4.69, 9.17) is 19.6 Å². The molecule has 2 N–H and O–H groups in total. The molecule has 0 aliphatic carbocycles. The van der Waals surface area contributed by atoms with Crippen LogP contribution in [0.25, 0.3) is 0 Å². The second kappa shape index (κ2) is 10.2. The molecule has 0 spiro atoms. The molecule has 30 heavy (non-hydrogen) atoms. The summed E-state index contributed by atoms with van der Waals surface area (Å²) < 4.78 is 10.5. The largest absolute Gasteiger partial charge is 0.490 e. The normalized spacial score (nSPS) is 11.3. The predicted octanol–water partition coefficient (Wildman–Crippen LogP) is 3.25. The zero-order chi connectivity index (χ0) is 22.1. The number of nitrogens with zero attached hydrogens (tertiary/aromatic N) is 3. The highest BCUT2D eigenvalue weighted by Gasteiger charge is 2.20. The van der Waals surface area contributed by atoms with Crippen LogP contribution in [0.1, 0.15) is 32.0 Å². The third kappa shape index (κ3) is 7.40. The standard InChI is InChI=1S/C19H20N4O6S/c1-19(2,3)29-18(26)22-17-21-14(11-30-17)15(16(24)25)23-28-9-8-27-13-6-4-12(10-20)5-7-13/h4-7,11H,8-9H2,1-3H3,(H,24,25)(H,21,22,26). The number of thiazole rings is 1. The summed E-state index contributed by atoms with van der Waals surface area (Å²) in [7, 11) is 0. The van der Waals surface area contributed by atoms with Crippen molar-refractivity contribution in [2.75, 3.05) is 18.5 Å². The van der Waals surface area contributed by atoms with Crippen LogP contribution in [-0.2, 0) is 14.4 Å². The van der Waals surface area contributed by atoms with Crippen LogP contribution in [-0.4, -0.2) is 46.7 Å². The SMILES string of the molecule is CC(C)(C)OC(=O)Nc1nc(C(=NOCCOc2ccc(C#N)cc2)C(=O)O)cs1. The second-order valence-electron chi connectivity index (χ2n) is 6.73. The lowest BCUT2D eigenvalue weighted by Crippen LogP contribution is -2.27. The molecular formula is C19H20N4O6S. The minimum absolute atomic E-state index is 0.00999. The van der Waals surface area contributed by atoms with E-state index in [2.05, 4.69) is 15.5 Å². The number of aromatic nitrogens is 1. The molecule has 10 nitrogen and oxygen atoms in total. The number of hydrogen-bond acceptors (Lipinski definition) is 9. The van der Waals surface area contributed by atoms with Crippen molar-refractivity contribution >= 4 is 34.2 Å². The van der Waals surface area contributed by atoms with Gasteiger partial charge in [0.2, 0.25) is 5.71 Å². The van der Waals surface area contributed by atoms with Crippen LogP contribution in [0.5, 0.6) is 5.75 Å². The number of amides is 1. The molecule has 1 heterocycles. The van der Waals surface area contributed by atoms with Crippen LogP contribution in [0.15, 0.2) is 34.8 Å². The van der Waals surface area contributed by atoms with Gasteiger partial charge < -0.3 is 19.4 Å². The first-order valence-corrected chi connectivity index (χ1v) is 9.58. The molecule has 0 aliphatic heterocycles. The van der Waals surface area contributed by atoms with Gasteiger partial charge >= 0.3 is 12.1 Å². The van der Waals surface area contributed by atoms with Crippen molar-refractivity contribution in [3.05, 3.63) is 40.9 Å². The van der Waals surface area contributed by atoms with Gasteiger partial charge in [-0.3, -0.25) is 5.32 Å². The first kappa shape index (κ1) is 22.6. The molecule has 11 heteroatoms. The minimum atomic E-state index is -1.34. The molecule has 1 aromatic carbocycles. The number of anilines is 1. The highest BCUT2D eigenvalue weighted by atomic mass is 32.1. The molecule has 0 saturated heterocycles. The maximum Gasteiger partial charge on any atom is 0.413 e. The Morgan fingerprint density at radius 1 is 1.27 bits per heavy atom. The second-order valence-corrected chi connectivity index (χ2v) is 7.59. The van der Waals surface area contributed by atoms with Crippen molar-refractivity contribution in [2.45, 2.75) is 26.4 Å². The fraction of sp³-hybridized carbons (Fsp3) is 0.316. The van der Waals surface area contributed by atoms with Crippen molar-refractivity contribution in [3.63, 3.8) is 0 Å². The zero-order valence-corrected chi connectivity index (χ0v) is 17.4. The van der Waals surface area contributed by atoms with Crippen LogP contribution < -0.4 is 10.1 Å². The van der Waals surface area contributed by atoms with Gasteiger partial charge in [-0.05, 0) is 45.0 Å². The van der Waals surface area contributed by atoms with E-state index in [0.717, 1.165) is 11.3 Å². The Morgan fingerprint density at radius 3 is 2.57 bits per heavy atom. The van der Waals surface area contributed by atoms with Gasteiger partial charge in [0.15, 0.2) is 11.7 Å². The molecule has 0 radical (unpaired) electrons. The van der Waals surface area contributed by atoms with Gasteiger partial charge in [-0.1, -0.05) is 5.16 Å². The summed E-state index contributed by atoms with van der Waals surface area (Å²) in [5.41, 5.74) is -0.544. The number of nitriles is 1. The quantitative estimate of drug-likeness (QED) is 0.368. The third-order valence-electron chi connectivity index (χ3n) is 3.14. The van der Waals surface area contributed by atoms with Gasteiger partial charge in [0.05, 0.1) is 11.6 Å². The molecule has 1 aromatic heterocycles. The fourth-order valence-corrected chi connectivity index (χ4v) is 2.64. The number of carbonyl (C=O) groups is 2. The summed E-state index contributed by atoms with van der Waals surface area (Å²) in [5.74, 6) is -0.797. The van der Waals surface area contributed by atoms with E-state index >= 15 is 0 Å². The van der Waals surface area contributed by atoms with Crippen LogP contribution >= 0.6 is 11.3 Å². The highest BCUT2D eigenvalue weighted by molar-refractivity contribution is 7.14. The van der Waals surface area contributed by atoms with Crippen molar-refractivity contribution in [2.24, 2.45) is 5.16 Å². The Morgan fingerprint density at radius 2 is 1.97 bits per heavy atom. The lowest BCUT2D eigenvalue weighted by Gasteiger charge is -2.18. The number of carboxylic acid groups (broad SMARTS) is 1. The molecule has 0 bridgehead atoms. The van der Waals surface area contributed by atoms with Gasteiger partial charge in [-0.15, -0.1) is 11.3 Å². The highest BCUT2D eigenvalue weighted by Crippen LogP contribution is 2.18. The van der Waals surface area contributed by atoms with Gasteiger partial charge in [0, 0.05) is 5.38 Å². The summed E-state index contributed by atoms with van der Waals surface area (Å²) in [4.78, 5) is 32.3. The molecular weight excluding hydrogens is 412 g/mol. The van der Waals surface area contributed by atoms with Crippen LogP contribution in [0.3, 0.4) is 0 Å². The van der Waals surface area contributed by atoms with E-state index in [1.807, 2.05) is 6.07 Å². The van der Waals surface area contributed by atoms with Crippen LogP contribution in [0.4, 0.5) is 9.93 Å². The summed E-state index contributed by atoms with van der Waals surface area (Å²) in [6.07, 6.45) is -0.701. The maximum absolute atomic E-state index is 11.8. The number of benzene rings is 1. The van der Waals surface area contributed by atoms with E-state index in [0.29, 0.717) is 11.3 Å². The molecule has 1 amide bonds. The minimum Gasteiger partial charge on any atom is -0.490 e. The number of nitrogens with one attached hydrogen (secondary N) is 1. The number of aliphatic carboxylic acids is 1. The van der Waals surface area contributed by atoms with E-state index in [-0.39, 0.29) is 24.0 Å². The Labute approximate surface area is 176 Å². The zero-order valence-electron chi connectivity index (χ0n) is 16.5. The molecule has 2 rings (SSSR count). The molecule has 158 valence electrons. The summed E-state index contributed by atoms with van der Waals surface area (Å²) in [6.45, 7) is 5.27. The average Bonchev–Trinajstić information content (AvgIpc) is 3.10. The van der Waals surface area contributed by atoms with E-state index in [9.17, 15) is 14.7 Å². The van der Waals surface area contributed by atoms with Gasteiger partial charge in [0.1, 0.15) is 23.7 Å². The van der Waals surface area contributed by atoms with Gasteiger partial charge in [-0.25, -0.2) is 14.6 Å². The van der Waals surface area contributed by atoms with Crippen molar-refractivity contribution < 1.29 is 29.0 Å². The summed E-state index contributed by atoms with van der Waals surface area (Å²) >= 11 is 1.02.